The van der Waals surface area contributed by atoms with Gasteiger partial charge in [0.2, 0.25) is 0 Å². The van der Waals surface area contributed by atoms with Crippen molar-refractivity contribution in [1.29, 1.82) is 0 Å². The van der Waals surface area contributed by atoms with Crippen LogP contribution < -0.4 is 0 Å². The zero-order valence-electron chi connectivity index (χ0n) is 9.73. The van der Waals surface area contributed by atoms with Gasteiger partial charge in [0.1, 0.15) is 5.54 Å². The van der Waals surface area contributed by atoms with Crippen LogP contribution in [-0.2, 0) is 4.79 Å². The van der Waals surface area contributed by atoms with Crippen molar-refractivity contribution in [3.8, 4) is 0 Å². The number of likely N-dealkylation sites (N-methyl/N-ethyl adjacent to an activating group) is 1. The van der Waals surface area contributed by atoms with E-state index in [0.29, 0.717) is 18.6 Å². The van der Waals surface area contributed by atoms with E-state index in [4.69, 9.17) is 0 Å². The van der Waals surface area contributed by atoms with Crippen LogP contribution in [0.25, 0.3) is 0 Å². The average Bonchev–Trinajstić information content (AvgIpc) is 2.90. The van der Waals surface area contributed by atoms with E-state index >= 15 is 0 Å². The highest BCUT2D eigenvalue weighted by atomic mass is 16.4. The van der Waals surface area contributed by atoms with Crippen LogP contribution in [0, 0.1) is 0 Å². The van der Waals surface area contributed by atoms with Gasteiger partial charge in [-0.1, -0.05) is 0 Å². The molecule has 1 heterocycles. The highest BCUT2D eigenvalue weighted by Gasteiger charge is 2.52. The summed E-state index contributed by atoms with van der Waals surface area (Å²) in [5.74, 6) is -0.678. The lowest BCUT2D eigenvalue weighted by atomic mass is 9.95. The monoisotopic (exact) mass is 212 g/mol. The van der Waals surface area contributed by atoms with Gasteiger partial charge in [0.25, 0.3) is 0 Å². The van der Waals surface area contributed by atoms with E-state index in [2.05, 4.69) is 11.8 Å². The molecule has 0 amide bonds. The first-order valence-corrected chi connectivity index (χ1v) is 5.64. The molecule has 2 aliphatic rings. The molecule has 15 heavy (non-hydrogen) atoms. The standard InChI is InChI=1S/C11H20N2O2/c1-8-6-11(10(14)15,12(2)3)7-13(8)9-4-5-9/h8-9H,4-7H2,1-3H3,(H,14,15). The Hall–Kier alpha value is -0.610. The molecular formula is C11H20N2O2. The van der Waals surface area contributed by atoms with Crippen LogP contribution in [0.2, 0.25) is 0 Å². The highest BCUT2D eigenvalue weighted by Crippen LogP contribution is 2.39. The largest absolute Gasteiger partial charge is 0.480 e. The van der Waals surface area contributed by atoms with E-state index in [-0.39, 0.29) is 0 Å². The van der Waals surface area contributed by atoms with Crippen LogP contribution in [0.5, 0.6) is 0 Å². The second-order valence-corrected chi connectivity index (χ2v) is 5.19. The summed E-state index contributed by atoms with van der Waals surface area (Å²) in [6.45, 7) is 2.83. The molecule has 2 rings (SSSR count). The van der Waals surface area contributed by atoms with Crippen molar-refractivity contribution in [1.82, 2.24) is 9.80 Å². The number of aliphatic carboxylic acids is 1. The van der Waals surface area contributed by atoms with Gasteiger partial charge < -0.3 is 5.11 Å². The highest BCUT2D eigenvalue weighted by molar-refractivity contribution is 5.79. The van der Waals surface area contributed by atoms with Gasteiger partial charge in [0.15, 0.2) is 0 Å². The molecule has 1 saturated heterocycles. The van der Waals surface area contributed by atoms with Crippen molar-refractivity contribution in [2.75, 3.05) is 20.6 Å². The minimum Gasteiger partial charge on any atom is -0.480 e. The van der Waals surface area contributed by atoms with E-state index < -0.39 is 11.5 Å². The van der Waals surface area contributed by atoms with Crippen molar-refractivity contribution in [2.24, 2.45) is 0 Å². The van der Waals surface area contributed by atoms with Crippen molar-refractivity contribution < 1.29 is 9.90 Å². The van der Waals surface area contributed by atoms with Crippen molar-refractivity contribution in [3.05, 3.63) is 0 Å². The summed E-state index contributed by atoms with van der Waals surface area (Å²) >= 11 is 0. The number of carbonyl (C=O) groups is 1. The minimum atomic E-state index is -0.678. The van der Waals surface area contributed by atoms with E-state index in [9.17, 15) is 9.90 Å². The molecule has 2 fully saturated rings. The molecular weight excluding hydrogens is 192 g/mol. The van der Waals surface area contributed by atoms with Gasteiger partial charge in [0, 0.05) is 18.6 Å². The third-order valence-corrected chi connectivity index (χ3v) is 3.91. The Labute approximate surface area is 90.9 Å². The third-order valence-electron chi connectivity index (χ3n) is 3.91. The molecule has 4 nitrogen and oxygen atoms in total. The van der Waals surface area contributed by atoms with Crippen molar-refractivity contribution >= 4 is 5.97 Å². The quantitative estimate of drug-likeness (QED) is 0.745. The number of hydrogen-bond acceptors (Lipinski definition) is 3. The van der Waals surface area contributed by atoms with Gasteiger partial charge in [-0.2, -0.15) is 0 Å². The lowest BCUT2D eigenvalue weighted by molar-refractivity contribution is -0.149. The lowest BCUT2D eigenvalue weighted by Gasteiger charge is -2.31. The first-order valence-electron chi connectivity index (χ1n) is 5.64. The van der Waals surface area contributed by atoms with Crippen LogP contribution in [0.1, 0.15) is 26.2 Å². The van der Waals surface area contributed by atoms with Crippen LogP contribution in [0.3, 0.4) is 0 Å². The Morgan fingerprint density at radius 1 is 1.47 bits per heavy atom. The number of carboxylic acids is 1. The number of carboxylic acid groups (broad SMARTS) is 1. The molecule has 1 saturated carbocycles. The summed E-state index contributed by atoms with van der Waals surface area (Å²) in [4.78, 5) is 15.7. The number of rotatable bonds is 3. The number of likely N-dealkylation sites (tertiary alicyclic amines) is 1. The molecule has 1 aliphatic heterocycles. The smallest absolute Gasteiger partial charge is 0.325 e. The normalized spacial score (nSPS) is 37.5. The van der Waals surface area contributed by atoms with Gasteiger partial charge in [-0.15, -0.1) is 0 Å². The summed E-state index contributed by atoms with van der Waals surface area (Å²) in [5, 5.41) is 9.40. The maximum atomic E-state index is 11.4. The molecule has 0 aromatic carbocycles. The van der Waals surface area contributed by atoms with Crippen LogP contribution in [-0.4, -0.2) is 59.1 Å². The van der Waals surface area contributed by atoms with E-state index in [1.165, 1.54) is 12.8 Å². The molecule has 0 aromatic heterocycles. The molecule has 0 radical (unpaired) electrons. The maximum Gasteiger partial charge on any atom is 0.325 e. The van der Waals surface area contributed by atoms with Gasteiger partial charge in [-0.25, -0.2) is 0 Å². The molecule has 2 atom stereocenters. The van der Waals surface area contributed by atoms with E-state index in [1.54, 1.807) is 0 Å². The van der Waals surface area contributed by atoms with Crippen LogP contribution in [0.15, 0.2) is 0 Å². The van der Waals surface area contributed by atoms with Crippen LogP contribution >= 0.6 is 0 Å². The lowest BCUT2D eigenvalue weighted by Crippen LogP contribution is -2.53. The van der Waals surface area contributed by atoms with Gasteiger partial charge in [-0.05, 0) is 40.3 Å². The Balaban J connectivity index is 2.18. The average molecular weight is 212 g/mol. The Kier molecular flexibility index (Phi) is 2.51. The maximum absolute atomic E-state index is 11.4. The van der Waals surface area contributed by atoms with E-state index in [0.717, 1.165) is 6.42 Å². The second kappa shape index (κ2) is 3.46. The Morgan fingerprint density at radius 3 is 2.40 bits per heavy atom. The molecule has 1 N–H and O–H groups in total. The molecule has 1 aliphatic carbocycles. The summed E-state index contributed by atoms with van der Waals surface area (Å²) in [7, 11) is 3.74. The predicted octanol–water partition coefficient (Wildman–Crippen LogP) is 0.628. The Bertz CT molecular complexity index is 276. The minimum absolute atomic E-state index is 0.399. The number of hydrogen-bond donors (Lipinski definition) is 1. The van der Waals surface area contributed by atoms with Crippen molar-refractivity contribution in [2.45, 2.75) is 43.8 Å². The molecule has 0 bridgehead atoms. The predicted molar refractivity (Wildman–Crippen MR) is 57.9 cm³/mol. The SMILES string of the molecule is CC1CC(C(=O)O)(N(C)C)CN1C1CC1. The summed E-state index contributed by atoms with van der Waals surface area (Å²) in [5.41, 5.74) is -0.665. The fourth-order valence-corrected chi connectivity index (χ4v) is 2.69. The molecule has 2 unspecified atom stereocenters. The van der Waals surface area contributed by atoms with Crippen LogP contribution in [0.4, 0.5) is 0 Å². The summed E-state index contributed by atoms with van der Waals surface area (Å²) < 4.78 is 0. The summed E-state index contributed by atoms with van der Waals surface area (Å²) in [6, 6.07) is 1.05. The topological polar surface area (TPSA) is 43.8 Å². The fourth-order valence-electron chi connectivity index (χ4n) is 2.69. The molecule has 86 valence electrons. The van der Waals surface area contributed by atoms with E-state index in [1.807, 2.05) is 19.0 Å². The molecule has 0 aromatic rings. The molecule has 4 heteroatoms. The van der Waals surface area contributed by atoms with Gasteiger partial charge in [-0.3, -0.25) is 14.6 Å². The first kappa shape index (κ1) is 10.9. The second-order valence-electron chi connectivity index (χ2n) is 5.19. The first-order chi connectivity index (χ1) is 6.97. The zero-order valence-corrected chi connectivity index (χ0v) is 9.73. The summed E-state index contributed by atoms with van der Waals surface area (Å²) in [6.07, 6.45) is 3.23. The Morgan fingerprint density at radius 2 is 2.07 bits per heavy atom. The third kappa shape index (κ3) is 1.66. The van der Waals surface area contributed by atoms with Gasteiger partial charge >= 0.3 is 5.97 Å². The van der Waals surface area contributed by atoms with Crippen molar-refractivity contribution in [3.63, 3.8) is 0 Å². The number of nitrogens with zero attached hydrogens (tertiary/aromatic N) is 2. The fraction of sp³-hybridized carbons (Fsp3) is 0.909. The zero-order chi connectivity index (χ0) is 11.2. The molecule has 0 spiro atoms. The van der Waals surface area contributed by atoms with Gasteiger partial charge in [0.05, 0.1) is 0 Å².